The number of para-hydroxylation sites is 1. The molecule has 1 spiro atoms. The Kier molecular flexibility index (Phi) is 2.78. The summed E-state index contributed by atoms with van der Waals surface area (Å²) in [7, 11) is 1.94. The van der Waals surface area contributed by atoms with Crippen molar-refractivity contribution >= 4 is 23.4 Å². The van der Waals surface area contributed by atoms with E-state index >= 15 is 0 Å². The number of carbonyl (C=O) groups excluding carboxylic acids is 1. The number of amides is 1. The molecule has 4 saturated carbocycles. The maximum atomic E-state index is 13.0. The minimum atomic E-state index is 0.229. The van der Waals surface area contributed by atoms with Crippen molar-refractivity contribution in [3.05, 3.63) is 30.3 Å². The van der Waals surface area contributed by atoms with Crippen molar-refractivity contribution in [2.45, 2.75) is 42.1 Å². The van der Waals surface area contributed by atoms with Crippen LogP contribution < -0.4 is 4.90 Å². The highest BCUT2D eigenvalue weighted by atomic mass is 32.2. The second-order valence-electron chi connectivity index (χ2n) is 7.89. The molecule has 22 heavy (non-hydrogen) atoms. The third-order valence-electron chi connectivity index (χ3n) is 6.79. The Hall–Kier alpha value is -0.960. The van der Waals surface area contributed by atoms with Gasteiger partial charge in [0.1, 0.15) is 0 Å². The fourth-order valence-electron chi connectivity index (χ4n) is 5.91. The molecule has 1 amide bonds. The molecule has 0 N–H and O–H groups in total. The molecule has 6 rings (SSSR count). The number of anilines is 1. The third-order valence-corrected chi connectivity index (χ3v) is 8.67. The molecule has 5 aliphatic rings. The Labute approximate surface area is 136 Å². The van der Waals surface area contributed by atoms with Gasteiger partial charge in [-0.15, -0.1) is 11.8 Å². The fraction of sp³-hybridized carbons (Fsp3) is 0.632. The summed E-state index contributed by atoms with van der Waals surface area (Å²) in [6, 6.07) is 10.1. The molecule has 0 aromatic heterocycles. The number of nitrogens with zero attached hydrogens (tertiary/aromatic N) is 1. The van der Waals surface area contributed by atoms with Gasteiger partial charge >= 0.3 is 0 Å². The van der Waals surface area contributed by atoms with Crippen molar-refractivity contribution in [3.63, 3.8) is 0 Å². The van der Waals surface area contributed by atoms with Crippen LogP contribution in [-0.4, -0.2) is 23.0 Å². The van der Waals surface area contributed by atoms with E-state index in [1.165, 1.54) is 32.1 Å². The molecule has 4 bridgehead atoms. The molecule has 116 valence electrons. The first-order chi connectivity index (χ1) is 10.7. The van der Waals surface area contributed by atoms with Gasteiger partial charge in [0.15, 0.2) is 0 Å². The van der Waals surface area contributed by atoms with Crippen LogP contribution in [0.4, 0.5) is 5.69 Å². The summed E-state index contributed by atoms with van der Waals surface area (Å²) >= 11 is 2.01. The molecule has 1 aromatic carbocycles. The zero-order chi connectivity index (χ0) is 14.9. The fourth-order valence-corrected chi connectivity index (χ4v) is 7.76. The van der Waals surface area contributed by atoms with E-state index < -0.39 is 0 Å². The molecule has 1 aromatic rings. The zero-order valence-corrected chi connectivity index (χ0v) is 13.9. The predicted octanol–water partition coefficient (Wildman–Crippen LogP) is 3.96. The summed E-state index contributed by atoms with van der Waals surface area (Å²) in [5, 5.41) is 0.229. The maximum absolute atomic E-state index is 13.0. The molecule has 1 heterocycles. The van der Waals surface area contributed by atoms with Crippen LogP contribution in [0.15, 0.2) is 30.3 Å². The minimum Gasteiger partial charge on any atom is -0.314 e. The molecule has 1 aliphatic heterocycles. The Balaban J connectivity index is 1.39. The van der Waals surface area contributed by atoms with E-state index in [9.17, 15) is 4.79 Å². The van der Waals surface area contributed by atoms with Crippen LogP contribution in [-0.2, 0) is 4.79 Å². The van der Waals surface area contributed by atoms with Crippen molar-refractivity contribution in [1.82, 2.24) is 0 Å². The topological polar surface area (TPSA) is 20.3 Å². The van der Waals surface area contributed by atoms with E-state index in [1.54, 1.807) is 0 Å². The summed E-state index contributed by atoms with van der Waals surface area (Å²) in [5.74, 6) is 3.95. The van der Waals surface area contributed by atoms with Crippen LogP contribution in [0.5, 0.6) is 0 Å². The molecule has 5 fully saturated rings. The quantitative estimate of drug-likeness (QED) is 0.770. The lowest BCUT2D eigenvalue weighted by molar-refractivity contribution is -0.119. The van der Waals surface area contributed by atoms with Gasteiger partial charge in [0.05, 0.1) is 5.25 Å². The molecular formula is C19H23NOS. The predicted molar refractivity (Wildman–Crippen MR) is 91.0 cm³/mol. The molecule has 1 atom stereocenters. The molecule has 0 unspecified atom stereocenters. The van der Waals surface area contributed by atoms with Gasteiger partial charge in [-0.2, -0.15) is 0 Å². The van der Waals surface area contributed by atoms with E-state index in [1.807, 2.05) is 54.0 Å². The van der Waals surface area contributed by atoms with Gasteiger partial charge in [-0.05, 0) is 67.9 Å². The summed E-state index contributed by atoms with van der Waals surface area (Å²) in [6.07, 6.45) is 7.09. The van der Waals surface area contributed by atoms with Gasteiger partial charge in [0.2, 0.25) is 5.91 Å². The number of hydrogen-bond acceptors (Lipinski definition) is 2. The molecule has 1 saturated heterocycles. The lowest BCUT2D eigenvalue weighted by Crippen LogP contribution is -2.53. The summed E-state index contributed by atoms with van der Waals surface area (Å²) in [5.41, 5.74) is 1.03. The molecular weight excluding hydrogens is 290 g/mol. The Bertz CT molecular complexity index is 585. The second-order valence-corrected chi connectivity index (χ2v) is 9.30. The number of benzene rings is 1. The maximum Gasteiger partial charge on any atom is 0.241 e. The zero-order valence-electron chi connectivity index (χ0n) is 13.1. The van der Waals surface area contributed by atoms with E-state index in [2.05, 4.69) is 0 Å². The lowest BCUT2D eigenvalue weighted by Gasteiger charge is -2.54. The van der Waals surface area contributed by atoms with Gasteiger partial charge in [-0.3, -0.25) is 4.79 Å². The summed E-state index contributed by atoms with van der Waals surface area (Å²) < 4.78 is 0.327. The highest BCUT2D eigenvalue weighted by molar-refractivity contribution is 8.09. The van der Waals surface area contributed by atoms with Crippen molar-refractivity contribution in [2.75, 3.05) is 11.9 Å². The smallest absolute Gasteiger partial charge is 0.241 e. The van der Waals surface area contributed by atoms with E-state index in [4.69, 9.17) is 0 Å². The average Bonchev–Trinajstić information content (AvgIpc) is 3.28. The Morgan fingerprint density at radius 1 is 1.05 bits per heavy atom. The highest BCUT2D eigenvalue weighted by Crippen LogP contribution is 2.74. The van der Waals surface area contributed by atoms with E-state index in [0.717, 1.165) is 29.4 Å². The van der Waals surface area contributed by atoms with E-state index in [-0.39, 0.29) is 5.25 Å². The lowest BCUT2D eigenvalue weighted by atomic mass is 9.51. The van der Waals surface area contributed by atoms with Gasteiger partial charge in [-0.25, -0.2) is 0 Å². The third kappa shape index (κ3) is 1.72. The first kappa shape index (κ1) is 13.5. The largest absolute Gasteiger partial charge is 0.314 e. The summed E-state index contributed by atoms with van der Waals surface area (Å²) in [6.45, 7) is 0. The van der Waals surface area contributed by atoms with Crippen LogP contribution in [0.25, 0.3) is 0 Å². The van der Waals surface area contributed by atoms with Crippen molar-refractivity contribution < 1.29 is 4.79 Å². The second kappa shape index (κ2) is 4.53. The van der Waals surface area contributed by atoms with Gasteiger partial charge in [0, 0.05) is 17.5 Å². The van der Waals surface area contributed by atoms with Crippen LogP contribution in [0.1, 0.15) is 32.1 Å². The van der Waals surface area contributed by atoms with Crippen molar-refractivity contribution in [3.8, 4) is 0 Å². The van der Waals surface area contributed by atoms with Gasteiger partial charge in [0.25, 0.3) is 0 Å². The standard InChI is InChI=1S/C19H23NOS/c1-20(16-5-3-2-4-6-16)18(21)17-19(22-17)14-8-12-7-13(10-14)11-15(19)9-12/h2-6,12-15,17H,7-11H2,1H3/t12?,13?,14?,15?,17-,19?/m1/s1. The van der Waals surface area contributed by atoms with Crippen LogP contribution in [0.2, 0.25) is 0 Å². The molecule has 4 aliphatic carbocycles. The SMILES string of the molecule is CN(C(=O)[C@H]1SC12C1CC3CC(C1)CC2C3)c1ccccc1. The van der Waals surface area contributed by atoms with Crippen LogP contribution in [0.3, 0.4) is 0 Å². The van der Waals surface area contributed by atoms with Crippen LogP contribution in [0, 0.1) is 23.7 Å². The minimum absolute atomic E-state index is 0.229. The monoisotopic (exact) mass is 313 g/mol. The molecule has 3 heteroatoms. The first-order valence-corrected chi connectivity index (χ1v) is 9.57. The summed E-state index contributed by atoms with van der Waals surface area (Å²) in [4.78, 5) is 14.9. The molecule has 2 nitrogen and oxygen atoms in total. The Morgan fingerprint density at radius 2 is 1.64 bits per heavy atom. The van der Waals surface area contributed by atoms with E-state index in [0.29, 0.717) is 10.7 Å². The van der Waals surface area contributed by atoms with Crippen molar-refractivity contribution in [1.29, 1.82) is 0 Å². The number of hydrogen-bond donors (Lipinski definition) is 0. The van der Waals surface area contributed by atoms with Gasteiger partial charge < -0.3 is 4.90 Å². The first-order valence-electron chi connectivity index (χ1n) is 8.69. The number of thioether (sulfide) groups is 1. The van der Waals surface area contributed by atoms with Crippen molar-refractivity contribution in [2.24, 2.45) is 23.7 Å². The average molecular weight is 313 g/mol. The molecule has 0 radical (unpaired) electrons. The van der Waals surface area contributed by atoms with Gasteiger partial charge in [-0.1, -0.05) is 18.2 Å². The van der Waals surface area contributed by atoms with Crippen LogP contribution >= 0.6 is 11.8 Å². The number of rotatable bonds is 2. The number of carbonyl (C=O) groups is 1. The highest BCUT2D eigenvalue weighted by Gasteiger charge is 2.72. The normalized spacial score (nSPS) is 44.3. The Morgan fingerprint density at radius 3 is 2.23 bits per heavy atom.